The lowest BCUT2D eigenvalue weighted by molar-refractivity contribution is -0.132. The van der Waals surface area contributed by atoms with Crippen LogP contribution in [-0.2, 0) is 4.79 Å². The summed E-state index contributed by atoms with van der Waals surface area (Å²) in [5.41, 5.74) is 0.838. The summed E-state index contributed by atoms with van der Waals surface area (Å²) in [5, 5.41) is 0. The van der Waals surface area contributed by atoms with Gasteiger partial charge in [-0.05, 0) is 57.5 Å². The molecule has 1 amide bonds. The molecule has 0 bridgehead atoms. The van der Waals surface area contributed by atoms with Crippen molar-refractivity contribution >= 4 is 5.91 Å². The monoisotopic (exact) mass is 414 g/mol. The second-order valence-corrected chi connectivity index (χ2v) is 9.67. The first-order valence-electron chi connectivity index (χ1n) is 12.2. The number of nitrogens with one attached hydrogen (secondary N) is 1. The first kappa shape index (κ1) is 21.5. The minimum absolute atomic E-state index is 0.0430. The molecule has 1 unspecified atom stereocenters. The van der Waals surface area contributed by atoms with Crippen LogP contribution in [0.25, 0.3) is 0 Å². The summed E-state index contributed by atoms with van der Waals surface area (Å²) < 4.78 is 0. The van der Waals surface area contributed by atoms with Crippen LogP contribution in [0.2, 0.25) is 0 Å². The van der Waals surface area contributed by atoms with Gasteiger partial charge in [0.25, 0.3) is 5.56 Å². The predicted octanol–water partition coefficient (Wildman–Crippen LogP) is 3.65. The van der Waals surface area contributed by atoms with Crippen molar-refractivity contribution in [3.8, 4) is 0 Å². The molecule has 6 heteroatoms. The molecule has 3 fully saturated rings. The smallest absolute Gasteiger partial charge is 0.251 e. The van der Waals surface area contributed by atoms with Crippen molar-refractivity contribution in [1.82, 2.24) is 19.8 Å². The molecule has 1 aliphatic carbocycles. The van der Waals surface area contributed by atoms with E-state index in [1.165, 1.54) is 38.6 Å². The third kappa shape index (κ3) is 5.32. The van der Waals surface area contributed by atoms with Crippen LogP contribution in [-0.4, -0.2) is 58.4 Å². The van der Waals surface area contributed by atoms with Crippen molar-refractivity contribution in [2.45, 2.75) is 83.0 Å². The highest BCUT2D eigenvalue weighted by molar-refractivity contribution is 5.76. The van der Waals surface area contributed by atoms with Crippen LogP contribution >= 0.6 is 0 Å². The molecule has 1 atom stereocenters. The Hall–Kier alpha value is -1.69. The molecule has 1 N–H and O–H groups in total. The summed E-state index contributed by atoms with van der Waals surface area (Å²) in [6.45, 7) is 6.91. The predicted molar refractivity (Wildman–Crippen MR) is 119 cm³/mol. The summed E-state index contributed by atoms with van der Waals surface area (Å²) in [5.74, 6) is 2.49. The number of rotatable bonds is 5. The van der Waals surface area contributed by atoms with Crippen LogP contribution in [0.1, 0.15) is 94.5 Å². The Balaban J connectivity index is 1.37. The number of carbonyl (C=O) groups excluding carboxylic acids is 1. The van der Waals surface area contributed by atoms with Gasteiger partial charge in [-0.2, -0.15) is 0 Å². The number of carbonyl (C=O) groups is 1. The fourth-order valence-electron chi connectivity index (χ4n) is 5.69. The molecule has 0 spiro atoms. The van der Waals surface area contributed by atoms with Gasteiger partial charge in [-0.25, -0.2) is 4.98 Å². The van der Waals surface area contributed by atoms with E-state index in [1.807, 2.05) is 11.8 Å². The first-order valence-corrected chi connectivity index (χ1v) is 12.2. The van der Waals surface area contributed by atoms with Gasteiger partial charge >= 0.3 is 0 Å². The number of H-pyrrole nitrogens is 1. The molecule has 2 saturated heterocycles. The molecule has 1 saturated carbocycles. The number of nitrogens with zero attached hydrogens (tertiary/aromatic N) is 3. The number of likely N-dealkylation sites (tertiary alicyclic amines) is 2. The first-order chi connectivity index (χ1) is 14.6. The minimum Gasteiger partial charge on any atom is -0.342 e. The van der Waals surface area contributed by atoms with Crippen LogP contribution in [0, 0.1) is 5.92 Å². The largest absolute Gasteiger partial charge is 0.342 e. The summed E-state index contributed by atoms with van der Waals surface area (Å²) in [4.78, 5) is 37.1. The normalized spacial score (nSPS) is 24.8. The van der Waals surface area contributed by atoms with Crippen LogP contribution in [0.15, 0.2) is 10.9 Å². The van der Waals surface area contributed by atoms with E-state index in [0.29, 0.717) is 18.9 Å². The number of hydrogen-bond donors (Lipinski definition) is 1. The maximum atomic E-state index is 12.4. The van der Waals surface area contributed by atoms with Crippen LogP contribution in [0.3, 0.4) is 0 Å². The Bertz CT molecular complexity index is 763. The lowest BCUT2D eigenvalue weighted by Gasteiger charge is -2.35. The highest BCUT2D eigenvalue weighted by Gasteiger charge is 2.28. The van der Waals surface area contributed by atoms with Crippen molar-refractivity contribution in [3.05, 3.63) is 27.9 Å². The van der Waals surface area contributed by atoms with E-state index in [0.717, 1.165) is 62.8 Å². The molecule has 3 heterocycles. The summed E-state index contributed by atoms with van der Waals surface area (Å²) in [6.07, 6.45) is 11.7. The Morgan fingerprint density at radius 2 is 1.80 bits per heavy atom. The van der Waals surface area contributed by atoms with E-state index < -0.39 is 0 Å². The van der Waals surface area contributed by atoms with Crippen LogP contribution in [0.4, 0.5) is 0 Å². The van der Waals surface area contributed by atoms with E-state index in [1.54, 1.807) is 6.07 Å². The number of amides is 1. The zero-order valence-electron chi connectivity index (χ0n) is 18.6. The maximum absolute atomic E-state index is 12.4. The maximum Gasteiger partial charge on any atom is 0.251 e. The van der Waals surface area contributed by atoms with Crippen molar-refractivity contribution in [1.29, 1.82) is 0 Å². The summed E-state index contributed by atoms with van der Waals surface area (Å²) in [6, 6.07) is 1.66. The molecule has 1 aromatic rings. The molecular formula is C24H38N4O2. The van der Waals surface area contributed by atoms with E-state index in [9.17, 15) is 9.59 Å². The molecule has 6 nitrogen and oxygen atoms in total. The molecule has 30 heavy (non-hydrogen) atoms. The topological polar surface area (TPSA) is 69.3 Å². The molecule has 2 aliphatic heterocycles. The zero-order valence-corrected chi connectivity index (χ0v) is 18.6. The van der Waals surface area contributed by atoms with Gasteiger partial charge < -0.3 is 14.8 Å². The van der Waals surface area contributed by atoms with Crippen LogP contribution < -0.4 is 5.56 Å². The average Bonchev–Trinajstić information content (AvgIpc) is 2.79. The molecule has 1 aromatic heterocycles. The van der Waals surface area contributed by atoms with Gasteiger partial charge in [0.2, 0.25) is 5.91 Å². The number of hydrogen-bond acceptors (Lipinski definition) is 4. The minimum atomic E-state index is -0.0430. The molecule has 0 radical (unpaired) electrons. The number of piperidine rings is 2. The average molecular weight is 415 g/mol. The number of aromatic nitrogens is 2. The third-order valence-corrected chi connectivity index (χ3v) is 7.49. The van der Waals surface area contributed by atoms with Gasteiger partial charge in [-0.15, -0.1) is 0 Å². The highest BCUT2D eigenvalue weighted by Crippen LogP contribution is 2.30. The Kier molecular flexibility index (Phi) is 7.24. The lowest BCUT2D eigenvalue weighted by Crippen LogP contribution is -2.39. The van der Waals surface area contributed by atoms with Gasteiger partial charge in [0.15, 0.2) is 0 Å². The van der Waals surface area contributed by atoms with E-state index >= 15 is 0 Å². The van der Waals surface area contributed by atoms with E-state index in [-0.39, 0.29) is 17.4 Å². The zero-order chi connectivity index (χ0) is 20.9. The molecule has 3 aliphatic rings. The fourth-order valence-corrected chi connectivity index (χ4v) is 5.69. The Labute approximate surface area is 180 Å². The molecular weight excluding hydrogens is 376 g/mol. The summed E-state index contributed by atoms with van der Waals surface area (Å²) in [7, 11) is 0. The van der Waals surface area contributed by atoms with Crippen molar-refractivity contribution in [2.75, 3.05) is 32.7 Å². The molecule has 0 aromatic carbocycles. The standard InChI is InChI=1S/C24H38N4O2/c1-2-23(30)28-12-6-9-20(17-28)21-15-22(29)26-24(25-21)19-10-13-27(14-11-19)16-18-7-4-3-5-8-18/h15,18-20H,2-14,16-17H2,1H3,(H,25,26,29). The third-order valence-electron chi connectivity index (χ3n) is 7.49. The second kappa shape index (κ2) is 10.1. The SMILES string of the molecule is CCC(=O)N1CCCC(c2cc(=O)[nH]c(C3CCN(CC4CCCCC4)CC3)n2)C1. The van der Waals surface area contributed by atoms with Gasteiger partial charge in [-0.1, -0.05) is 26.2 Å². The van der Waals surface area contributed by atoms with Crippen molar-refractivity contribution in [3.63, 3.8) is 0 Å². The van der Waals surface area contributed by atoms with Gasteiger partial charge in [0.1, 0.15) is 5.82 Å². The second-order valence-electron chi connectivity index (χ2n) is 9.67. The van der Waals surface area contributed by atoms with Crippen LogP contribution in [0.5, 0.6) is 0 Å². The lowest BCUT2D eigenvalue weighted by atomic mass is 9.87. The molecule has 4 rings (SSSR count). The molecule has 166 valence electrons. The highest BCUT2D eigenvalue weighted by atomic mass is 16.2. The van der Waals surface area contributed by atoms with Crippen molar-refractivity contribution < 1.29 is 4.79 Å². The Morgan fingerprint density at radius 1 is 1.03 bits per heavy atom. The quantitative estimate of drug-likeness (QED) is 0.799. The van der Waals surface area contributed by atoms with E-state index in [4.69, 9.17) is 4.98 Å². The Morgan fingerprint density at radius 3 is 2.53 bits per heavy atom. The number of aromatic amines is 1. The van der Waals surface area contributed by atoms with E-state index in [2.05, 4.69) is 9.88 Å². The van der Waals surface area contributed by atoms with Gasteiger partial charge in [0.05, 0.1) is 5.69 Å². The van der Waals surface area contributed by atoms with Gasteiger partial charge in [0, 0.05) is 44.0 Å². The summed E-state index contributed by atoms with van der Waals surface area (Å²) >= 11 is 0. The van der Waals surface area contributed by atoms with Gasteiger partial charge in [-0.3, -0.25) is 9.59 Å². The fraction of sp³-hybridized carbons (Fsp3) is 0.792. The van der Waals surface area contributed by atoms with Crippen molar-refractivity contribution in [2.24, 2.45) is 5.92 Å².